The van der Waals surface area contributed by atoms with Crippen molar-refractivity contribution in [3.05, 3.63) is 57.8 Å². The maximum Gasteiger partial charge on any atom is 0.231 e. The average Bonchev–Trinajstić information content (AvgIpc) is 3.17. The fraction of sp³-hybridized carbons (Fsp3) is 0.188. The predicted octanol–water partition coefficient (Wildman–Crippen LogP) is 3.05. The molecule has 0 unspecified atom stereocenters. The molecule has 7 heteroatoms. The fourth-order valence-electron chi connectivity index (χ4n) is 2.47. The van der Waals surface area contributed by atoms with Crippen molar-refractivity contribution in [3.8, 4) is 17.2 Å². The van der Waals surface area contributed by atoms with Crippen LogP contribution in [-0.2, 0) is 6.42 Å². The van der Waals surface area contributed by atoms with Crippen LogP contribution in [0.4, 0.5) is 0 Å². The van der Waals surface area contributed by atoms with Crippen LogP contribution in [0.15, 0.2) is 40.9 Å². The van der Waals surface area contributed by atoms with Crippen molar-refractivity contribution < 1.29 is 9.47 Å². The van der Waals surface area contributed by atoms with Gasteiger partial charge in [-0.2, -0.15) is 4.68 Å². The van der Waals surface area contributed by atoms with Crippen LogP contribution in [0.1, 0.15) is 17.0 Å². The third-order valence-electron chi connectivity index (χ3n) is 3.70. The van der Waals surface area contributed by atoms with E-state index >= 15 is 0 Å². The minimum absolute atomic E-state index is 0.256. The molecule has 1 aliphatic heterocycles. The van der Waals surface area contributed by atoms with Crippen LogP contribution < -0.4 is 9.47 Å². The Morgan fingerprint density at radius 2 is 1.87 bits per heavy atom. The Balaban J connectivity index is 1.68. The summed E-state index contributed by atoms with van der Waals surface area (Å²) in [5.41, 5.74) is 3.17. The van der Waals surface area contributed by atoms with E-state index in [1.807, 2.05) is 43.3 Å². The summed E-state index contributed by atoms with van der Waals surface area (Å²) in [4.78, 5) is 0. The van der Waals surface area contributed by atoms with E-state index in [-0.39, 0.29) is 6.79 Å². The van der Waals surface area contributed by atoms with Crippen molar-refractivity contribution in [2.75, 3.05) is 6.79 Å². The fourth-order valence-corrected chi connectivity index (χ4v) is 2.93. The lowest BCUT2D eigenvalue weighted by atomic mass is 10.1. The van der Waals surface area contributed by atoms with Crippen LogP contribution in [0.5, 0.6) is 11.5 Å². The van der Waals surface area contributed by atoms with Crippen LogP contribution in [0, 0.1) is 6.92 Å². The van der Waals surface area contributed by atoms with Gasteiger partial charge < -0.3 is 9.47 Å². The first kappa shape index (κ1) is 14.2. The van der Waals surface area contributed by atoms with E-state index in [0.29, 0.717) is 6.42 Å². The van der Waals surface area contributed by atoms with Gasteiger partial charge in [0.2, 0.25) is 6.79 Å². The summed E-state index contributed by atoms with van der Waals surface area (Å²) < 4.78 is 13.5. The Bertz CT molecular complexity index is 861. The van der Waals surface area contributed by atoms with E-state index in [9.17, 15) is 0 Å². The van der Waals surface area contributed by atoms with Gasteiger partial charge in [-0.25, -0.2) is 0 Å². The number of hydrogen-bond donors (Lipinski definition) is 0. The second-order valence-corrected chi connectivity index (χ2v) is 6.17. The van der Waals surface area contributed by atoms with Crippen LogP contribution in [0.25, 0.3) is 5.69 Å². The van der Waals surface area contributed by atoms with Crippen molar-refractivity contribution in [2.24, 2.45) is 0 Å². The quantitative estimate of drug-likeness (QED) is 0.706. The summed E-state index contributed by atoms with van der Waals surface area (Å²) in [6.07, 6.45) is 0.581. The summed E-state index contributed by atoms with van der Waals surface area (Å²) in [7, 11) is 0. The van der Waals surface area contributed by atoms with Gasteiger partial charge in [-0.15, -0.1) is 5.10 Å². The highest BCUT2D eigenvalue weighted by molar-refractivity contribution is 9.10. The number of aryl methyl sites for hydroxylation is 1. The Morgan fingerprint density at radius 3 is 2.65 bits per heavy atom. The lowest BCUT2D eigenvalue weighted by Gasteiger charge is -2.08. The molecule has 0 atom stereocenters. The normalized spacial score (nSPS) is 12.6. The number of tetrazole rings is 1. The van der Waals surface area contributed by atoms with E-state index in [1.165, 1.54) is 5.56 Å². The zero-order valence-electron chi connectivity index (χ0n) is 12.4. The highest BCUT2D eigenvalue weighted by Crippen LogP contribution is 2.37. The molecule has 0 bridgehead atoms. The van der Waals surface area contributed by atoms with Gasteiger partial charge in [0.05, 0.1) is 5.69 Å². The molecule has 0 saturated heterocycles. The number of nitrogens with zero attached hydrogens (tertiary/aromatic N) is 4. The minimum Gasteiger partial charge on any atom is -0.454 e. The van der Waals surface area contributed by atoms with Gasteiger partial charge in [-0.05, 0) is 47.2 Å². The van der Waals surface area contributed by atoms with Gasteiger partial charge in [-0.3, -0.25) is 0 Å². The molecule has 2 aromatic carbocycles. The molecular formula is C16H13BrN4O2. The highest BCUT2D eigenvalue weighted by atomic mass is 79.9. The number of rotatable bonds is 3. The standard InChI is InChI=1S/C16H13BrN4O2/c1-10-2-4-12(5-3-10)21-16(18-19-20-21)7-11-6-14-15(8-13(11)17)23-9-22-14/h2-6,8H,7,9H2,1H3. The molecule has 6 nitrogen and oxygen atoms in total. The summed E-state index contributed by atoms with van der Waals surface area (Å²) in [6.45, 7) is 2.31. The van der Waals surface area contributed by atoms with Gasteiger partial charge in [0.25, 0.3) is 0 Å². The predicted molar refractivity (Wildman–Crippen MR) is 87.0 cm³/mol. The number of ether oxygens (including phenoxy) is 2. The Morgan fingerprint density at radius 1 is 1.13 bits per heavy atom. The molecule has 0 fully saturated rings. The zero-order chi connectivity index (χ0) is 15.8. The molecule has 2 heterocycles. The van der Waals surface area contributed by atoms with E-state index in [0.717, 1.165) is 33.0 Å². The van der Waals surface area contributed by atoms with Crippen LogP contribution in [0.3, 0.4) is 0 Å². The maximum absolute atomic E-state index is 5.44. The number of hydrogen-bond acceptors (Lipinski definition) is 5. The minimum atomic E-state index is 0.256. The third kappa shape index (κ3) is 2.68. The van der Waals surface area contributed by atoms with Gasteiger partial charge in [-0.1, -0.05) is 33.6 Å². The first-order valence-corrected chi connectivity index (χ1v) is 7.92. The molecule has 0 saturated carbocycles. The molecule has 116 valence electrons. The highest BCUT2D eigenvalue weighted by Gasteiger charge is 2.18. The molecular weight excluding hydrogens is 360 g/mol. The van der Waals surface area contributed by atoms with E-state index in [4.69, 9.17) is 9.47 Å². The van der Waals surface area contributed by atoms with Gasteiger partial charge in [0.15, 0.2) is 17.3 Å². The summed E-state index contributed by atoms with van der Waals surface area (Å²) in [6, 6.07) is 12.0. The maximum atomic E-state index is 5.44. The van der Waals surface area contributed by atoms with Crippen LogP contribution >= 0.6 is 15.9 Å². The Kier molecular flexibility index (Phi) is 3.49. The second-order valence-electron chi connectivity index (χ2n) is 5.32. The molecule has 1 aliphatic rings. The first-order chi connectivity index (χ1) is 11.2. The SMILES string of the molecule is Cc1ccc(-n2nnnc2Cc2cc3c(cc2Br)OCO3)cc1. The third-order valence-corrected chi connectivity index (χ3v) is 4.44. The molecule has 1 aromatic heterocycles. The Labute approximate surface area is 141 Å². The Hall–Kier alpha value is -2.41. The van der Waals surface area contributed by atoms with E-state index in [1.54, 1.807) is 4.68 Å². The van der Waals surface area contributed by atoms with Gasteiger partial charge >= 0.3 is 0 Å². The van der Waals surface area contributed by atoms with Crippen molar-refractivity contribution in [2.45, 2.75) is 13.3 Å². The van der Waals surface area contributed by atoms with E-state index < -0.39 is 0 Å². The molecule has 4 rings (SSSR count). The number of benzene rings is 2. The second kappa shape index (κ2) is 5.66. The van der Waals surface area contributed by atoms with Crippen molar-refractivity contribution in [1.29, 1.82) is 0 Å². The van der Waals surface area contributed by atoms with Crippen LogP contribution in [0.2, 0.25) is 0 Å². The topological polar surface area (TPSA) is 62.1 Å². The first-order valence-electron chi connectivity index (χ1n) is 7.13. The number of aromatic nitrogens is 4. The molecule has 0 aliphatic carbocycles. The summed E-state index contributed by atoms with van der Waals surface area (Å²) >= 11 is 3.57. The molecule has 3 aromatic rings. The lowest BCUT2D eigenvalue weighted by Crippen LogP contribution is -2.04. The monoisotopic (exact) mass is 372 g/mol. The largest absolute Gasteiger partial charge is 0.454 e. The van der Waals surface area contributed by atoms with Crippen molar-refractivity contribution in [3.63, 3.8) is 0 Å². The van der Waals surface area contributed by atoms with Crippen molar-refractivity contribution in [1.82, 2.24) is 20.2 Å². The molecule has 0 N–H and O–H groups in total. The lowest BCUT2D eigenvalue weighted by molar-refractivity contribution is 0.174. The number of fused-ring (bicyclic) bond motifs is 1. The smallest absolute Gasteiger partial charge is 0.231 e. The summed E-state index contributed by atoms with van der Waals surface area (Å²) in [5, 5.41) is 12.1. The van der Waals surface area contributed by atoms with Gasteiger partial charge in [0, 0.05) is 10.9 Å². The van der Waals surface area contributed by atoms with Gasteiger partial charge in [0.1, 0.15) is 0 Å². The van der Waals surface area contributed by atoms with Crippen LogP contribution in [-0.4, -0.2) is 27.0 Å². The molecule has 0 spiro atoms. The molecule has 23 heavy (non-hydrogen) atoms. The number of halogens is 1. The average molecular weight is 373 g/mol. The van der Waals surface area contributed by atoms with Crippen molar-refractivity contribution >= 4 is 15.9 Å². The molecule has 0 amide bonds. The zero-order valence-corrected chi connectivity index (χ0v) is 13.9. The summed E-state index contributed by atoms with van der Waals surface area (Å²) in [5.74, 6) is 2.25. The van der Waals surface area contributed by atoms with E-state index in [2.05, 4.69) is 31.5 Å². The molecule has 0 radical (unpaired) electrons.